The van der Waals surface area contributed by atoms with E-state index in [1.165, 1.54) is 0 Å². The van der Waals surface area contributed by atoms with Crippen LogP contribution in [0.15, 0.2) is 24.3 Å². The van der Waals surface area contributed by atoms with Gasteiger partial charge in [-0.2, -0.15) is 0 Å². The molecule has 0 radical (unpaired) electrons. The molecule has 4 heteroatoms. The SMILES string of the molecule is C=C(C)C(=O)OCc1ccc(CO)[te]1. The van der Waals surface area contributed by atoms with E-state index in [9.17, 15) is 4.79 Å². The van der Waals surface area contributed by atoms with Gasteiger partial charge in [-0.15, -0.1) is 0 Å². The molecule has 0 saturated carbocycles. The van der Waals surface area contributed by atoms with E-state index < -0.39 is 20.4 Å². The van der Waals surface area contributed by atoms with Crippen molar-refractivity contribution in [3.8, 4) is 0 Å². The van der Waals surface area contributed by atoms with Crippen molar-refractivity contribution in [1.29, 1.82) is 0 Å². The Morgan fingerprint density at radius 1 is 1.57 bits per heavy atom. The molecule has 0 aromatic carbocycles. The summed E-state index contributed by atoms with van der Waals surface area (Å²) in [6, 6.07) is 3.84. The predicted octanol–water partition coefficient (Wildman–Crippen LogP) is 0.855. The van der Waals surface area contributed by atoms with Crippen LogP contribution < -0.4 is 0 Å². The number of aliphatic hydroxyl groups is 1. The van der Waals surface area contributed by atoms with Crippen molar-refractivity contribution < 1.29 is 14.6 Å². The molecule has 0 aliphatic heterocycles. The van der Waals surface area contributed by atoms with Gasteiger partial charge in [0, 0.05) is 0 Å². The Morgan fingerprint density at radius 2 is 2.21 bits per heavy atom. The molecule has 0 saturated heterocycles. The van der Waals surface area contributed by atoms with Gasteiger partial charge in [-0.1, -0.05) is 0 Å². The van der Waals surface area contributed by atoms with E-state index in [0.717, 1.165) is 7.16 Å². The van der Waals surface area contributed by atoms with Crippen molar-refractivity contribution in [1.82, 2.24) is 0 Å². The maximum absolute atomic E-state index is 11.0. The molecule has 0 amide bonds. The van der Waals surface area contributed by atoms with Crippen LogP contribution in [0.5, 0.6) is 0 Å². The standard InChI is InChI=1S/C10H12O3Te/c1-7(2)10(12)13-6-9-4-3-8(5-11)14-9/h3-4,11H,1,5-6H2,2H3. The summed E-state index contributed by atoms with van der Waals surface area (Å²) in [7, 11) is 0. The number of carbonyl (C=O) groups excluding carboxylic acids is 1. The molecule has 0 bridgehead atoms. The molecule has 14 heavy (non-hydrogen) atoms. The van der Waals surface area contributed by atoms with Gasteiger partial charge < -0.3 is 0 Å². The van der Waals surface area contributed by atoms with Crippen LogP contribution in [0.2, 0.25) is 0 Å². The Bertz CT molecular complexity index is 341. The Kier molecular flexibility index (Phi) is 4.40. The van der Waals surface area contributed by atoms with Gasteiger partial charge in [-0.05, 0) is 0 Å². The second kappa shape index (κ2) is 5.35. The molecule has 1 heterocycles. The first-order chi connectivity index (χ1) is 6.63. The zero-order valence-electron chi connectivity index (χ0n) is 7.95. The molecule has 3 nitrogen and oxygen atoms in total. The summed E-state index contributed by atoms with van der Waals surface area (Å²) in [5, 5.41) is 8.86. The van der Waals surface area contributed by atoms with E-state index in [-0.39, 0.29) is 12.6 Å². The first-order valence-electron chi connectivity index (χ1n) is 4.14. The fourth-order valence-electron chi connectivity index (χ4n) is 0.845. The molecule has 1 N–H and O–H groups in total. The van der Waals surface area contributed by atoms with E-state index >= 15 is 0 Å². The summed E-state index contributed by atoms with van der Waals surface area (Å²) < 4.78 is 7.20. The molecule has 0 atom stereocenters. The molecular formula is C10H12O3Te. The van der Waals surface area contributed by atoms with Crippen molar-refractivity contribution in [3.05, 3.63) is 31.4 Å². The Balaban J connectivity index is 2.45. The molecule has 0 aliphatic carbocycles. The molecule has 76 valence electrons. The minimum absolute atomic E-state index is 0.122. The summed E-state index contributed by atoms with van der Waals surface area (Å²) in [5.41, 5.74) is 0.416. The Hall–Kier alpha value is -0.560. The Morgan fingerprint density at radius 3 is 2.71 bits per heavy atom. The van der Waals surface area contributed by atoms with Gasteiger partial charge in [-0.25, -0.2) is 0 Å². The van der Waals surface area contributed by atoms with Crippen molar-refractivity contribution in [3.63, 3.8) is 0 Å². The quantitative estimate of drug-likeness (QED) is 0.510. The summed E-state index contributed by atoms with van der Waals surface area (Å²) in [6.45, 7) is 5.58. The van der Waals surface area contributed by atoms with Crippen LogP contribution in [-0.4, -0.2) is 31.5 Å². The third-order valence-electron chi connectivity index (χ3n) is 1.57. The Labute approximate surface area is 92.6 Å². The number of rotatable bonds is 4. The third kappa shape index (κ3) is 3.30. The zero-order valence-corrected chi connectivity index (χ0v) is 10.3. The first kappa shape index (κ1) is 11.5. The van der Waals surface area contributed by atoms with E-state index in [4.69, 9.17) is 9.84 Å². The molecule has 0 aliphatic rings. The van der Waals surface area contributed by atoms with Gasteiger partial charge in [0.05, 0.1) is 0 Å². The maximum atomic E-state index is 11.0. The van der Waals surface area contributed by atoms with Crippen molar-refractivity contribution in [2.45, 2.75) is 20.1 Å². The van der Waals surface area contributed by atoms with Gasteiger partial charge >= 0.3 is 92.6 Å². The van der Waals surface area contributed by atoms with Gasteiger partial charge in [0.25, 0.3) is 0 Å². The molecule has 0 spiro atoms. The van der Waals surface area contributed by atoms with Crippen molar-refractivity contribution >= 4 is 26.4 Å². The van der Waals surface area contributed by atoms with E-state index in [1.54, 1.807) is 6.92 Å². The van der Waals surface area contributed by atoms with Crippen LogP contribution in [0, 0.1) is 0 Å². The van der Waals surface area contributed by atoms with E-state index in [2.05, 4.69) is 6.58 Å². The van der Waals surface area contributed by atoms with Crippen molar-refractivity contribution in [2.75, 3.05) is 0 Å². The second-order valence-electron chi connectivity index (χ2n) is 2.88. The summed E-state index contributed by atoms with van der Waals surface area (Å²) >= 11 is -0.453. The predicted molar refractivity (Wildman–Crippen MR) is 53.9 cm³/mol. The molecule has 0 fully saturated rings. The van der Waals surface area contributed by atoms with Crippen LogP contribution in [0.25, 0.3) is 0 Å². The van der Waals surface area contributed by atoms with E-state index in [1.807, 2.05) is 12.1 Å². The number of esters is 1. The number of hydrogen-bond acceptors (Lipinski definition) is 3. The average Bonchev–Trinajstić information content (AvgIpc) is 2.61. The monoisotopic (exact) mass is 310 g/mol. The first-order valence-corrected chi connectivity index (χ1v) is 6.47. The van der Waals surface area contributed by atoms with Crippen LogP contribution in [0.1, 0.15) is 14.1 Å². The van der Waals surface area contributed by atoms with Crippen molar-refractivity contribution in [2.24, 2.45) is 0 Å². The normalized spacial score (nSPS) is 9.86. The number of ether oxygens (including phenoxy) is 1. The molecule has 0 unspecified atom stereocenters. The van der Waals surface area contributed by atoms with Gasteiger partial charge in [0.15, 0.2) is 0 Å². The van der Waals surface area contributed by atoms with Gasteiger partial charge in [0.1, 0.15) is 0 Å². The fourth-order valence-corrected chi connectivity index (χ4v) is 3.10. The number of hydrogen-bond donors (Lipinski definition) is 1. The van der Waals surface area contributed by atoms with Gasteiger partial charge in [0.2, 0.25) is 0 Å². The topological polar surface area (TPSA) is 46.5 Å². The van der Waals surface area contributed by atoms with Crippen LogP contribution >= 0.6 is 0 Å². The second-order valence-corrected chi connectivity index (χ2v) is 6.46. The van der Waals surface area contributed by atoms with Crippen LogP contribution in [0.3, 0.4) is 0 Å². The van der Waals surface area contributed by atoms with E-state index in [0.29, 0.717) is 12.2 Å². The fraction of sp³-hybridized carbons (Fsp3) is 0.300. The van der Waals surface area contributed by atoms with Crippen LogP contribution in [0.4, 0.5) is 0 Å². The minimum atomic E-state index is -0.453. The summed E-state index contributed by atoms with van der Waals surface area (Å²) in [5.74, 6) is -0.351. The van der Waals surface area contributed by atoms with Gasteiger partial charge in [-0.3, -0.25) is 0 Å². The zero-order chi connectivity index (χ0) is 10.6. The molecular weight excluding hydrogens is 296 g/mol. The molecule has 1 aromatic heterocycles. The summed E-state index contributed by atoms with van der Waals surface area (Å²) in [4.78, 5) is 11.0. The van der Waals surface area contributed by atoms with Crippen LogP contribution in [-0.2, 0) is 22.7 Å². The molecule has 1 aromatic rings. The number of aliphatic hydroxyl groups excluding tert-OH is 1. The average molecular weight is 308 g/mol. The number of carbonyl (C=O) groups is 1. The molecule has 1 rings (SSSR count). The summed E-state index contributed by atoms with van der Waals surface area (Å²) in [6.07, 6.45) is 0. The third-order valence-corrected chi connectivity index (χ3v) is 4.55.